The van der Waals surface area contributed by atoms with Gasteiger partial charge in [0.05, 0.1) is 6.54 Å². The van der Waals surface area contributed by atoms with Crippen molar-refractivity contribution in [2.45, 2.75) is 57.5 Å². The number of nitrogens with one attached hydrogen (secondary N) is 2. The summed E-state index contributed by atoms with van der Waals surface area (Å²) in [6.45, 7) is 4.22. The van der Waals surface area contributed by atoms with Gasteiger partial charge in [-0.25, -0.2) is 0 Å². The van der Waals surface area contributed by atoms with E-state index in [9.17, 15) is 14.4 Å². The van der Waals surface area contributed by atoms with E-state index in [1.165, 1.54) is 0 Å². The number of likely N-dealkylation sites (N-methyl/N-ethyl adjacent to an activating group) is 1. The highest BCUT2D eigenvalue weighted by Gasteiger charge is 2.34. The van der Waals surface area contributed by atoms with Crippen LogP contribution in [-0.2, 0) is 20.8 Å². The molecule has 0 spiro atoms. The zero-order valence-corrected chi connectivity index (χ0v) is 18.3. The third kappa shape index (κ3) is 7.44. The van der Waals surface area contributed by atoms with Crippen molar-refractivity contribution in [1.29, 1.82) is 0 Å². The van der Waals surface area contributed by atoms with Crippen LogP contribution in [0.5, 0.6) is 0 Å². The Morgan fingerprint density at radius 3 is 2.73 bits per heavy atom. The maximum atomic E-state index is 13.4. The second kappa shape index (κ2) is 13.0. The van der Waals surface area contributed by atoms with Crippen molar-refractivity contribution in [1.82, 2.24) is 20.4 Å². The summed E-state index contributed by atoms with van der Waals surface area (Å²) in [6.07, 6.45) is 5.94. The predicted octanol–water partition coefficient (Wildman–Crippen LogP) is 1.57. The van der Waals surface area contributed by atoms with E-state index in [1.54, 1.807) is 11.9 Å². The minimum Gasteiger partial charge on any atom is -0.343 e. The molecule has 1 heterocycles. The van der Waals surface area contributed by atoms with E-state index in [4.69, 9.17) is 0 Å². The lowest BCUT2D eigenvalue weighted by molar-refractivity contribution is -0.138. The van der Waals surface area contributed by atoms with Gasteiger partial charge in [0.25, 0.3) is 0 Å². The zero-order valence-electron chi connectivity index (χ0n) is 18.3. The van der Waals surface area contributed by atoms with Gasteiger partial charge in [0.2, 0.25) is 18.2 Å². The first-order valence-corrected chi connectivity index (χ1v) is 11.1. The Hall–Kier alpha value is -2.41. The van der Waals surface area contributed by atoms with Crippen LogP contribution in [0.2, 0.25) is 0 Å². The molecule has 7 heteroatoms. The van der Waals surface area contributed by atoms with Crippen LogP contribution in [0.15, 0.2) is 30.3 Å². The Morgan fingerprint density at radius 1 is 1.30 bits per heavy atom. The molecule has 1 aliphatic rings. The van der Waals surface area contributed by atoms with E-state index in [0.717, 1.165) is 44.2 Å². The summed E-state index contributed by atoms with van der Waals surface area (Å²) in [5.74, 6) is -0.226. The molecule has 0 bridgehead atoms. The van der Waals surface area contributed by atoms with Gasteiger partial charge in [0.1, 0.15) is 6.04 Å². The first-order chi connectivity index (χ1) is 14.6. The first kappa shape index (κ1) is 23.9. The Labute approximate surface area is 180 Å². The molecule has 1 aromatic rings. The second-order valence-electron chi connectivity index (χ2n) is 7.96. The summed E-state index contributed by atoms with van der Waals surface area (Å²) in [6, 6.07) is 9.44. The van der Waals surface area contributed by atoms with Crippen molar-refractivity contribution in [3.05, 3.63) is 35.9 Å². The van der Waals surface area contributed by atoms with Gasteiger partial charge in [-0.2, -0.15) is 0 Å². The molecule has 1 saturated heterocycles. The summed E-state index contributed by atoms with van der Waals surface area (Å²) in [5.41, 5.74) is 1.14. The monoisotopic (exact) mass is 416 g/mol. The van der Waals surface area contributed by atoms with Gasteiger partial charge in [-0.15, -0.1) is 0 Å². The van der Waals surface area contributed by atoms with Crippen LogP contribution in [0.4, 0.5) is 0 Å². The average Bonchev–Trinajstić information content (AvgIpc) is 3.22. The van der Waals surface area contributed by atoms with E-state index >= 15 is 0 Å². The number of aryl methyl sites for hydroxylation is 1. The standard InChI is InChI=1S/C23H36N4O3/c1-3-4-14-26(18-28)17-20-11-8-15-27(20)23(30)21(25-22(29)16-24-2)13-12-19-9-6-5-7-10-19/h5-7,9-10,18,20-21,24H,3-4,8,11-17H2,1-2H3,(H,25,29). The van der Waals surface area contributed by atoms with Crippen molar-refractivity contribution in [2.24, 2.45) is 0 Å². The van der Waals surface area contributed by atoms with Gasteiger partial charge in [0, 0.05) is 25.7 Å². The number of benzene rings is 1. The van der Waals surface area contributed by atoms with E-state index < -0.39 is 6.04 Å². The van der Waals surface area contributed by atoms with Crippen LogP contribution in [0.25, 0.3) is 0 Å². The number of carbonyl (C=O) groups excluding carboxylic acids is 3. The largest absolute Gasteiger partial charge is 0.343 e. The molecule has 2 atom stereocenters. The van der Waals surface area contributed by atoms with Crippen LogP contribution < -0.4 is 10.6 Å². The number of hydrogen-bond donors (Lipinski definition) is 2. The highest BCUT2D eigenvalue weighted by molar-refractivity contribution is 5.88. The van der Waals surface area contributed by atoms with Crippen molar-refractivity contribution in [3.63, 3.8) is 0 Å². The molecule has 30 heavy (non-hydrogen) atoms. The molecule has 1 fully saturated rings. The molecular weight excluding hydrogens is 380 g/mol. The number of likely N-dealkylation sites (tertiary alicyclic amines) is 1. The lowest BCUT2D eigenvalue weighted by atomic mass is 10.0. The van der Waals surface area contributed by atoms with Gasteiger partial charge in [-0.3, -0.25) is 14.4 Å². The molecule has 0 saturated carbocycles. The second-order valence-corrected chi connectivity index (χ2v) is 7.96. The van der Waals surface area contributed by atoms with Crippen LogP contribution in [0.1, 0.15) is 44.6 Å². The van der Waals surface area contributed by atoms with Gasteiger partial charge >= 0.3 is 0 Å². The van der Waals surface area contributed by atoms with Gasteiger partial charge in [-0.05, 0) is 44.7 Å². The number of carbonyl (C=O) groups is 3. The Morgan fingerprint density at radius 2 is 2.07 bits per heavy atom. The number of amides is 3. The lowest BCUT2D eigenvalue weighted by Gasteiger charge is -2.32. The molecule has 0 aromatic heterocycles. The number of rotatable bonds is 13. The Kier molecular flexibility index (Phi) is 10.3. The van der Waals surface area contributed by atoms with Crippen molar-refractivity contribution in [2.75, 3.05) is 33.2 Å². The summed E-state index contributed by atoms with van der Waals surface area (Å²) in [5, 5.41) is 5.75. The number of nitrogens with zero attached hydrogens (tertiary/aromatic N) is 2. The third-order valence-corrected chi connectivity index (χ3v) is 5.59. The van der Waals surface area contributed by atoms with Crippen molar-refractivity contribution in [3.8, 4) is 0 Å². The quantitative estimate of drug-likeness (QED) is 0.478. The fourth-order valence-electron chi connectivity index (χ4n) is 3.95. The van der Waals surface area contributed by atoms with Crippen molar-refractivity contribution < 1.29 is 14.4 Å². The Bertz CT molecular complexity index is 668. The molecule has 1 aliphatic heterocycles. The van der Waals surface area contributed by atoms with Gasteiger partial charge < -0.3 is 20.4 Å². The highest BCUT2D eigenvalue weighted by Crippen LogP contribution is 2.20. The van der Waals surface area contributed by atoms with Crippen LogP contribution >= 0.6 is 0 Å². The summed E-state index contributed by atoms with van der Waals surface area (Å²) < 4.78 is 0. The van der Waals surface area contributed by atoms with Gasteiger partial charge in [-0.1, -0.05) is 43.7 Å². The summed E-state index contributed by atoms with van der Waals surface area (Å²) in [7, 11) is 1.71. The molecule has 2 unspecified atom stereocenters. The minimum atomic E-state index is -0.563. The molecule has 7 nitrogen and oxygen atoms in total. The molecule has 3 amide bonds. The maximum Gasteiger partial charge on any atom is 0.245 e. The highest BCUT2D eigenvalue weighted by atomic mass is 16.2. The summed E-state index contributed by atoms with van der Waals surface area (Å²) in [4.78, 5) is 40.7. The molecule has 2 N–H and O–H groups in total. The summed E-state index contributed by atoms with van der Waals surface area (Å²) >= 11 is 0. The van der Waals surface area contributed by atoms with E-state index in [2.05, 4.69) is 17.6 Å². The lowest BCUT2D eigenvalue weighted by Crippen LogP contribution is -2.53. The zero-order chi connectivity index (χ0) is 21.8. The smallest absolute Gasteiger partial charge is 0.245 e. The normalized spacial score (nSPS) is 16.9. The van der Waals surface area contributed by atoms with Gasteiger partial charge in [0.15, 0.2) is 0 Å². The number of hydrogen-bond acceptors (Lipinski definition) is 4. The van der Waals surface area contributed by atoms with Crippen LogP contribution in [-0.4, -0.2) is 73.3 Å². The molecule has 166 valence electrons. The van der Waals surface area contributed by atoms with Crippen LogP contribution in [0.3, 0.4) is 0 Å². The Balaban J connectivity index is 2.05. The third-order valence-electron chi connectivity index (χ3n) is 5.59. The molecule has 2 rings (SSSR count). The van der Waals surface area contributed by atoms with Crippen molar-refractivity contribution >= 4 is 18.2 Å². The maximum absolute atomic E-state index is 13.4. The van der Waals surface area contributed by atoms with E-state index in [1.807, 2.05) is 35.2 Å². The average molecular weight is 417 g/mol. The van der Waals surface area contributed by atoms with E-state index in [0.29, 0.717) is 25.9 Å². The fourth-order valence-corrected chi connectivity index (χ4v) is 3.95. The fraction of sp³-hybridized carbons (Fsp3) is 0.609. The topological polar surface area (TPSA) is 81.8 Å². The minimum absolute atomic E-state index is 0.0139. The molecule has 1 aromatic carbocycles. The SMILES string of the molecule is CCCCN(C=O)CC1CCCN1C(=O)C(CCc1ccccc1)NC(=O)CNC. The number of unbranched alkanes of at least 4 members (excludes halogenated alkanes) is 1. The molecular formula is C23H36N4O3. The van der Waals surface area contributed by atoms with Crippen LogP contribution in [0, 0.1) is 0 Å². The first-order valence-electron chi connectivity index (χ1n) is 11.1. The molecule has 0 aliphatic carbocycles. The molecule has 0 radical (unpaired) electrons. The predicted molar refractivity (Wildman–Crippen MR) is 118 cm³/mol. The van der Waals surface area contributed by atoms with E-state index in [-0.39, 0.29) is 24.4 Å².